The van der Waals surface area contributed by atoms with Gasteiger partial charge in [-0.3, -0.25) is 4.79 Å². The predicted molar refractivity (Wildman–Crippen MR) is 119 cm³/mol. The zero-order valence-corrected chi connectivity index (χ0v) is 18.1. The van der Waals surface area contributed by atoms with Crippen molar-refractivity contribution in [3.8, 4) is 5.75 Å². The van der Waals surface area contributed by atoms with E-state index >= 15 is 0 Å². The lowest BCUT2D eigenvalue weighted by atomic mass is 10.2. The van der Waals surface area contributed by atoms with Crippen LogP contribution in [0.2, 0.25) is 0 Å². The number of methoxy groups -OCH3 is 1. The maximum absolute atomic E-state index is 12.7. The lowest BCUT2D eigenvalue weighted by Crippen LogP contribution is -2.50. The first-order valence-electron chi connectivity index (χ1n) is 10.1. The molecule has 31 heavy (non-hydrogen) atoms. The third-order valence-corrected chi connectivity index (χ3v) is 7.24. The van der Waals surface area contributed by atoms with Crippen molar-refractivity contribution in [2.45, 2.75) is 0 Å². The minimum absolute atomic E-state index is 0.0247. The van der Waals surface area contributed by atoms with Crippen LogP contribution in [-0.2, 0) is 10.0 Å². The van der Waals surface area contributed by atoms with E-state index in [4.69, 9.17) is 9.15 Å². The Hall–Kier alpha value is -3.04. The SMILES string of the molecule is COc1ccc(N2CCN(S(=O)(=O)CCNC(=O)c3cc4ccccc4o3)CC2)cc1. The smallest absolute Gasteiger partial charge is 0.287 e. The second kappa shape index (κ2) is 8.99. The van der Waals surface area contributed by atoms with Gasteiger partial charge in [0.2, 0.25) is 10.0 Å². The van der Waals surface area contributed by atoms with Gasteiger partial charge < -0.3 is 19.4 Å². The van der Waals surface area contributed by atoms with Crippen molar-refractivity contribution in [3.63, 3.8) is 0 Å². The number of rotatable bonds is 7. The average Bonchev–Trinajstić information content (AvgIpc) is 3.24. The summed E-state index contributed by atoms with van der Waals surface area (Å²) in [6.07, 6.45) is 0. The van der Waals surface area contributed by atoms with E-state index in [9.17, 15) is 13.2 Å². The van der Waals surface area contributed by atoms with Gasteiger partial charge in [0.1, 0.15) is 11.3 Å². The van der Waals surface area contributed by atoms with Gasteiger partial charge in [-0.1, -0.05) is 18.2 Å². The van der Waals surface area contributed by atoms with E-state index in [1.54, 1.807) is 19.2 Å². The summed E-state index contributed by atoms with van der Waals surface area (Å²) in [5.74, 6) is 0.388. The molecule has 1 aromatic heterocycles. The molecule has 164 valence electrons. The normalized spacial score (nSPS) is 15.2. The minimum atomic E-state index is -3.46. The number of ether oxygens (including phenoxy) is 1. The number of piperazine rings is 1. The van der Waals surface area contributed by atoms with Gasteiger partial charge >= 0.3 is 0 Å². The van der Waals surface area contributed by atoms with Gasteiger partial charge in [-0.15, -0.1) is 0 Å². The molecule has 1 amide bonds. The Morgan fingerprint density at radius 2 is 1.77 bits per heavy atom. The summed E-state index contributed by atoms with van der Waals surface area (Å²) >= 11 is 0. The van der Waals surface area contributed by atoms with Crippen LogP contribution < -0.4 is 15.0 Å². The number of fused-ring (bicyclic) bond motifs is 1. The molecule has 9 heteroatoms. The van der Waals surface area contributed by atoms with Crippen LogP contribution in [0.3, 0.4) is 0 Å². The van der Waals surface area contributed by atoms with Crippen molar-refractivity contribution in [3.05, 3.63) is 60.4 Å². The van der Waals surface area contributed by atoms with Gasteiger partial charge in [0.05, 0.1) is 12.9 Å². The van der Waals surface area contributed by atoms with Crippen LogP contribution in [0.15, 0.2) is 59.0 Å². The highest BCUT2D eigenvalue weighted by Crippen LogP contribution is 2.21. The second-order valence-corrected chi connectivity index (χ2v) is 9.39. The molecule has 1 N–H and O–H groups in total. The van der Waals surface area contributed by atoms with Crippen LogP contribution in [0.4, 0.5) is 5.69 Å². The highest BCUT2D eigenvalue weighted by molar-refractivity contribution is 7.89. The van der Waals surface area contributed by atoms with Gasteiger partial charge in [-0.05, 0) is 36.4 Å². The molecule has 0 unspecified atom stereocenters. The zero-order valence-electron chi connectivity index (χ0n) is 17.3. The first-order chi connectivity index (χ1) is 15.0. The third kappa shape index (κ3) is 4.83. The molecule has 0 spiro atoms. The molecule has 1 aliphatic heterocycles. The number of amides is 1. The fraction of sp³-hybridized carbons (Fsp3) is 0.318. The van der Waals surface area contributed by atoms with Gasteiger partial charge in [0, 0.05) is 43.8 Å². The van der Waals surface area contributed by atoms with Crippen LogP contribution in [0.1, 0.15) is 10.6 Å². The van der Waals surface area contributed by atoms with E-state index in [1.807, 2.05) is 42.5 Å². The molecule has 0 radical (unpaired) electrons. The standard InChI is InChI=1S/C22H25N3O5S/c1-29-19-8-6-18(7-9-19)24-11-13-25(14-12-24)31(27,28)15-10-23-22(26)21-16-17-4-2-3-5-20(17)30-21/h2-9,16H,10-15H2,1H3,(H,23,26). The largest absolute Gasteiger partial charge is 0.497 e. The molecule has 1 aliphatic rings. The Bertz CT molecular complexity index is 1120. The summed E-state index contributed by atoms with van der Waals surface area (Å²) in [5.41, 5.74) is 1.66. The molecule has 4 rings (SSSR count). The molecular formula is C22H25N3O5S. The van der Waals surface area contributed by atoms with Crippen LogP contribution in [-0.4, -0.2) is 64.2 Å². The topological polar surface area (TPSA) is 92.1 Å². The summed E-state index contributed by atoms with van der Waals surface area (Å²) in [6, 6.07) is 16.7. The van der Waals surface area contributed by atoms with Gasteiger partial charge in [0.15, 0.2) is 5.76 Å². The number of hydrogen-bond donors (Lipinski definition) is 1. The molecule has 2 heterocycles. The van der Waals surface area contributed by atoms with Gasteiger partial charge in [0.25, 0.3) is 5.91 Å². The first kappa shape index (κ1) is 21.2. The quantitative estimate of drug-likeness (QED) is 0.603. The Balaban J connectivity index is 1.27. The van der Waals surface area contributed by atoms with Crippen LogP contribution >= 0.6 is 0 Å². The Morgan fingerprint density at radius 3 is 2.45 bits per heavy atom. The minimum Gasteiger partial charge on any atom is -0.497 e. The molecule has 0 atom stereocenters. The zero-order chi connectivity index (χ0) is 21.8. The summed E-state index contributed by atoms with van der Waals surface area (Å²) in [6.45, 7) is 2.06. The van der Waals surface area contributed by atoms with Gasteiger partial charge in [-0.2, -0.15) is 4.31 Å². The Labute approximate surface area is 181 Å². The van der Waals surface area contributed by atoms with Crippen LogP contribution in [0.25, 0.3) is 11.0 Å². The lowest BCUT2D eigenvalue weighted by Gasteiger charge is -2.35. The summed E-state index contributed by atoms with van der Waals surface area (Å²) in [7, 11) is -1.84. The summed E-state index contributed by atoms with van der Waals surface area (Å²) < 4.78 is 37.5. The van der Waals surface area contributed by atoms with E-state index in [2.05, 4.69) is 10.2 Å². The van der Waals surface area contributed by atoms with Crippen molar-refractivity contribution in [1.29, 1.82) is 0 Å². The average molecular weight is 444 g/mol. The Morgan fingerprint density at radius 1 is 1.06 bits per heavy atom. The molecular weight excluding hydrogens is 418 g/mol. The number of sulfonamides is 1. The number of carbonyl (C=O) groups is 1. The number of benzene rings is 2. The molecule has 8 nitrogen and oxygen atoms in total. The number of carbonyl (C=O) groups excluding carboxylic acids is 1. The maximum atomic E-state index is 12.7. The molecule has 0 saturated carbocycles. The third-order valence-electron chi connectivity index (χ3n) is 5.36. The number of hydrogen-bond acceptors (Lipinski definition) is 6. The molecule has 0 aliphatic carbocycles. The number of nitrogens with one attached hydrogen (secondary N) is 1. The van der Waals surface area contributed by atoms with E-state index in [-0.39, 0.29) is 18.1 Å². The van der Waals surface area contributed by atoms with Crippen LogP contribution in [0.5, 0.6) is 5.75 Å². The van der Waals surface area contributed by atoms with Crippen molar-refractivity contribution < 1.29 is 22.4 Å². The molecule has 1 saturated heterocycles. The number of para-hydroxylation sites is 1. The van der Waals surface area contributed by atoms with E-state index in [1.165, 1.54) is 4.31 Å². The highest BCUT2D eigenvalue weighted by Gasteiger charge is 2.27. The molecule has 2 aromatic carbocycles. The van der Waals surface area contributed by atoms with E-state index in [0.717, 1.165) is 16.8 Å². The van der Waals surface area contributed by atoms with E-state index < -0.39 is 15.9 Å². The summed E-state index contributed by atoms with van der Waals surface area (Å²) in [4.78, 5) is 14.4. The first-order valence-corrected chi connectivity index (χ1v) is 11.7. The van der Waals surface area contributed by atoms with Crippen molar-refractivity contribution in [1.82, 2.24) is 9.62 Å². The van der Waals surface area contributed by atoms with Gasteiger partial charge in [-0.25, -0.2) is 8.42 Å². The Kier molecular flexibility index (Phi) is 6.15. The van der Waals surface area contributed by atoms with Crippen molar-refractivity contribution in [2.24, 2.45) is 0 Å². The summed E-state index contributed by atoms with van der Waals surface area (Å²) in [5, 5.41) is 3.47. The molecule has 1 fully saturated rings. The maximum Gasteiger partial charge on any atom is 0.287 e. The highest BCUT2D eigenvalue weighted by atomic mass is 32.2. The monoisotopic (exact) mass is 443 g/mol. The fourth-order valence-electron chi connectivity index (χ4n) is 3.62. The number of nitrogens with zero attached hydrogens (tertiary/aromatic N) is 2. The van der Waals surface area contributed by atoms with Crippen molar-refractivity contribution >= 4 is 32.6 Å². The fourth-order valence-corrected chi connectivity index (χ4v) is 4.96. The van der Waals surface area contributed by atoms with Crippen molar-refractivity contribution in [2.75, 3.05) is 50.5 Å². The number of furan rings is 1. The predicted octanol–water partition coefficient (Wildman–Crippen LogP) is 2.32. The van der Waals surface area contributed by atoms with Crippen LogP contribution in [0, 0.1) is 0 Å². The molecule has 3 aromatic rings. The van der Waals surface area contributed by atoms with E-state index in [0.29, 0.717) is 31.8 Å². The number of anilines is 1. The second-order valence-electron chi connectivity index (χ2n) is 7.30. The molecule has 0 bridgehead atoms. The lowest BCUT2D eigenvalue weighted by molar-refractivity contribution is 0.0930.